The van der Waals surface area contributed by atoms with E-state index in [1.807, 2.05) is 0 Å². The SMILES string of the molecule is O=C(O)[C@@H]1CCCN1CC(=O)N1CCC[C@H](C(F)(F)F)C1. The molecule has 2 fully saturated rings. The van der Waals surface area contributed by atoms with E-state index in [0.717, 1.165) is 0 Å². The first-order valence-electron chi connectivity index (χ1n) is 7.10. The van der Waals surface area contributed by atoms with Gasteiger partial charge in [0.05, 0.1) is 12.5 Å². The van der Waals surface area contributed by atoms with Gasteiger partial charge in [-0.3, -0.25) is 14.5 Å². The van der Waals surface area contributed by atoms with Crippen LogP contribution in [0.2, 0.25) is 0 Å². The number of likely N-dealkylation sites (tertiary alicyclic amines) is 2. The minimum Gasteiger partial charge on any atom is -0.480 e. The molecule has 0 saturated carbocycles. The van der Waals surface area contributed by atoms with Crippen LogP contribution in [0.3, 0.4) is 0 Å². The Morgan fingerprint density at radius 3 is 2.43 bits per heavy atom. The molecule has 2 atom stereocenters. The Hall–Kier alpha value is -1.31. The smallest absolute Gasteiger partial charge is 0.393 e. The van der Waals surface area contributed by atoms with Crippen molar-refractivity contribution < 1.29 is 27.9 Å². The van der Waals surface area contributed by atoms with Crippen molar-refractivity contribution in [2.75, 3.05) is 26.2 Å². The highest BCUT2D eigenvalue weighted by Gasteiger charge is 2.43. The van der Waals surface area contributed by atoms with Crippen LogP contribution in [-0.4, -0.2) is 65.2 Å². The number of carbonyl (C=O) groups excluding carboxylic acids is 1. The molecule has 0 aromatic rings. The first-order chi connectivity index (χ1) is 9.79. The fourth-order valence-corrected chi connectivity index (χ4v) is 3.04. The van der Waals surface area contributed by atoms with Gasteiger partial charge in [0, 0.05) is 13.1 Å². The number of piperidine rings is 1. The lowest BCUT2D eigenvalue weighted by Gasteiger charge is -2.35. The third-order valence-corrected chi connectivity index (χ3v) is 4.22. The topological polar surface area (TPSA) is 60.9 Å². The van der Waals surface area contributed by atoms with Crippen molar-refractivity contribution in [2.45, 2.75) is 37.9 Å². The first kappa shape index (κ1) is 16.1. The Morgan fingerprint density at radius 1 is 1.14 bits per heavy atom. The van der Waals surface area contributed by atoms with Crippen LogP contribution in [0.25, 0.3) is 0 Å². The average molecular weight is 308 g/mol. The Morgan fingerprint density at radius 2 is 1.81 bits per heavy atom. The maximum atomic E-state index is 12.7. The van der Waals surface area contributed by atoms with E-state index in [1.54, 1.807) is 4.90 Å². The van der Waals surface area contributed by atoms with Gasteiger partial charge >= 0.3 is 12.1 Å². The first-order valence-corrected chi connectivity index (χ1v) is 7.10. The van der Waals surface area contributed by atoms with E-state index in [2.05, 4.69) is 0 Å². The van der Waals surface area contributed by atoms with Gasteiger partial charge in [0.1, 0.15) is 6.04 Å². The van der Waals surface area contributed by atoms with Crippen LogP contribution in [0.5, 0.6) is 0 Å². The zero-order chi connectivity index (χ0) is 15.6. The molecular formula is C13H19F3N2O3. The van der Waals surface area contributed by atoms with Crippen molar-refractivity contribution in [1.82, 2.24) is 9.80 Å². The number of carboxylic acids is 1. The van der Waals surface area contributed by atoms with Gasteiger partial charge in [-0.25, -0.2) is 0 Å². The van der Waals surface area contributed by atoms with Gasteiger partial charge in [0.15, 0.2) is 0 Å². The quantitative estimate of drug-likeness (QED) is 0.854. The van der Waals surface area contributed by atoms with E-state index in [-0.39, 0.29) is 19.5 Å². The number of nitrogens with zero attached hydrogens (tertiary/aromatic N) is 2. The van der Waals surface area contributed by atoms with Crippen molar-refractivity contribution in [1.29, 1.82) is 0 Å². The molecule has 1 amide bonds. The number of alkyl halides is 3. The normalized spacial score (nSPS) is 27.9. The predicted octanol–water partition coefficient (Wildman–Crippen LogP) is 1.34. The summed E-state index contributed by atoms with van der Waals surface area (Å²) >= 11 is 0. The zero-order valence-corrected chi connectivity index (χ0v) is 11.6. The maximum absolute atomic E-state index is 12.7. The molecule has 0 aromatic heterocycles. The summed E-state index contributed by atoms with van der Waals surface area (Å²) in [6, 6.07) is -0.697. The molecular weight excluding hydrogens is 289 g/mol. The standard InChI is InChI=1S/C13H19F3N2O3/c14-13(15,16)9-3-1-6-18(7-9)11(19)8-17-5-2-4-10(17)12(20)21/h9-10H,1-8H2,(H,20,21)/t9-,10-/m0/s1. The molecule has 0 radical (unpaired) electrons. The molecule has 2 rings (SSSR count). The highest BCUT2D eigenvalue weighted by Crippen LogP contribution is 2.33. The summed E-state index contributed by atoms with van der Waals surface area (Å²) < 4.78 is 38.2. The van der Waals surface area contributed by atoms with Gasteiger partial charge in [-0.15, -0.1) is 0 Å². The number of rotatable bonds is 3. The van der Waals surface area contributed by atoms with Crippen LogP contribution in [0.1, 0.15) is 25.7 Å². The number of hydrogen-bond acceptors (Lipinski definition) is 3. The van der Waals surface area contributed by atoms with Crippen molar-refractivity contribution in [3.05, 3.63) is 0 Å². The van der Waals surface area contributed by atoms with E-state index in [9.17, 15) is 22.8 Å². The molecule has 1 N–H and O–H groups in total. The van der Waals surface area contributed by atoms with Crippen molar-refractivity contribution >= 4 is 11.9 Å². The Bertz CT molecular complexity index is 414. The number of hydrogen-bond donors (Lipinski definition) is 1. The molecule has 2 saturated heterocycles. The molecule has 2 aliphatic heterocycles. The molecule has 8 heteroatoms. The van der Waals surface area contributed by atoms with Crippen molar-refractivity contribution in [3.8, 4) is 0 Å². The predicted molar refractivity (Wildman–Crippen MR) is 67.6 cm³/mol. The molecule has 0 aromatic carbocycles. The van der Waals surface area contributed by atoms with Gasteiger partial charge in [-0.05, 0) is 32.2 Å². The molecule has 0 spiro atoms. The Balaban J connectivity index is 1.92. The number of halogens is 3. The van der Waals surface area contributed by atoms with Crippen LogP contribution in [0.4, 0.5) is 13.2 Å². The second-order valence-electron chi connectivity index (χ2n) is 5.69. The van der Waals surface area contributed by atoms with Crippen molar-refractivity contribution in [3.63, 3.8) is 0 Å². The summed E-state index contributed by atoms with van der Waals surface area (Å²) in [4.78, 5) is 25.9. The van der Waals surface area contributed by atoms with E-state index in [0.29, 0.717) is 32.4 Å². The zero-order valence-electron chi connectivity index (χ0n) is 11.6. The van der Waals surface area contributed by atoms with Crippen LogP contribution < -0.4 is 0 Å². The molecule has 0 bridgehead atoms. The minimum absolute atomic E-state index is 0.0503. The summed E-state index contributed by atoms with van der Waals surface area (Å²) in [5.74, 6) is -2.85. The fourth-order valence-electron chi connectivity index (χ4n) is 3.04. The third-order valence-electron chi connectivity index (χ3n) is 4.22. The lowest BCUT2D eigenvalue weighted by Crippen LogP contribution is -2.49. The lowest BCUT2D eigenvalue weighted by molar-refractivity contribution is -0.188. The number of aliphatic carboxylic acids is 1. The molecule has 0 unspecified atom stereocenters. The second-order valence-corrected chi connectivity index (χ2v) is 5.69. The van der Waals surface area contributed by atoms with Gasteiger partial charge in [0.25, 0.3) is 0 Å². The van der Waals surface area contributed by atoms with E-state index in [4.69, 9.17) is 5.11 Å². The highest BCUT2D eigenvalue weighted by molar-refractivity contribution is 5.80. The monoisotopic (exact) mass is 308 g/mol. The van der Waals surface area contributed by atoms with Crippen LogP contribution in [0.15, 0.2) is 0 Å². The lowest BCUT2D eigenvalue weighted by atomic mass is 9.97. The van der Waals surface area contributed by atoms with Gasteiger partial charge in [-0.2, -0.15) is 13.2 Å². The van der Waals surface area contributed by atoms with Crippen LogP contribution in [0, 0.1) is 5.92 Å². The van der Waals surface area contributed by atoms with E-state index in [1.165, 1.54) is 4.90 Å². The summed E-state index contributed by atoms with van der Waals surface area (Å²) in [5.41, 5.74) is 0. The average Bonchev–Trinajstić information content (AvgIpc) is 2.86. The highest BCUT2D eigenvalue weighted by atomic mass is 19.4. The van der Waals surface area contributed by atoms with Gasteiger partial charge in [0.2, 0.25) is 5.91 Å². The minimum atomic E-state index is -4.28. The van der Waals surface area contributed by atoms with E-state index < -0.39 is 30.0 Å². The van der Waals surface area contributed by atoms with Gasteiger partial charge in [-0.1, -0.05) is 0 Å². The molecule has 120 valence electrons. The number of amides is 1. The second kappa shape index (κ2) is 6.21. The Kier molecular flexibility index (Phi) is 4.75. The molecule has 21 heavy (non-hydrogen) atoms. The molecule has 5 nitrogen and oxygen atoms in total. The molecule has 2 aliphatic rings. The molecule has 2 heterocycles. The summed E-state index contributed by atoms with van der Waals surface area (Å²) in [7, 11) is 0. The van der Waals surface area contributed by atoms with Crippen LogP contribution >= 0.6 is 0 Å². The third kappa shape index (κ3) is 3.87. The molecule has 0 aliphatic carbocycles. The maximum Gasteiger partial charge on any atom is 0.393 e. The summed E-state index contributed by atoms with van der Waals surface area (Å²) in [6.45, 7) is 0.395. The van der Waals surface area contributed by atoms with Gasteiger partial charge < -0.3 is 10.0 Å². The van der Waals surface area contributed by atoms with E-state index >= 15 is 0 Å². The summed E-state index contributed by atoms with van der Waals surface area (Å²) in [6.07, 6.45) is -2.73. The Labute approximate surface area is 120 Å². The number of carboxylic acid groups (broad SMARTS) is 1. The van der Waals surface area contributed by atoms with Crippen LogP contribution in [-0.2, 0) is 9.59 Å². The fraction of sp³-hybridized carbons (Fsp3) is 0.846. The number of carbonyl (C=O) groups is 2. The largest absolute Gasteiger partial charge is 0.480 e. The summed E-state index contributed by atoms with van der Waals surface area (Å²) in [5, 5.41) is 9.04. The van der Waals surface area contributed by atoms with Crippen molar-refractivity contribution in [2.24, 2.45) is 5.92 Å².